The number of anilines is 1. The van der Waals surface area contributed by atoms with E-state index in [-0.39, 0.29) is 5.43 Å². The molecule has 1 atom stereocenters. The van der Waals surface area contributed by atoms with Crippen molar-refractivity contribution in [1.82, 2.24) is 4.57 Å². The van der Waals surface area contributed by atoms with Crippen LogP contribution in [0.2, 0.25) is 5.02 Å². The van der Waals surface area contributed by atoms with E-state index in [1.807, 2.05) is 32.0 Å². The highest BCUT2D eigenvalue weighted by atomic mass is 35.5. The first-order chi connectivity index (χ1) is 12.4. The van der Waals surface area contributed by atoms with Crippen LogP contribution in [0, 0.1) is 6.92 Å². The van der Waals surface area contributed by atoms with Crippen LogP contribution >= 0.6 is 11.6 Å². The third kappa shape index (κ3) is 6.12. The van der Waals surface area contributed by atoms with E-state index in [4.69, 9.17) is 22.1 Å². The standard InChI is InChI=1S/C15H19ClN2O.C3H9NO.CH2O/c1-5-10(3)18-8-9(2)15(19)11-6-13(17-4)12(16)7-14(11)18;1-5-3-2-4;1-2/h6-8,10,17H,5H2,1-4H3;2-4H2,1H3;1H2. The molecule has 0 radical (unpaired) electrons. The lowest BCUT2D eigenvalue weighted by Crippen LogP contribution is -2.15. The van der Waals surface area contributed by atoms with Crippen LogP contribution in [0.25, 0.3) is 10.9 Å². The van der Waals surface area contributed by atoms with E-state index >= 15 is 0 Å². The average Bonchev–Trinajstić information content (AvgIpc) is 2.66. The summed E-state index contributed by atoms with van der Waals surface area (Å²) in [6.07, 6.45) is 2.93. The molecule has 0 aliphatic heterocycles. The summed E-state index contributed by atoms with van der Waals surface area (Å²) in [5.41, 5.74) is 7.53. The number of pyridine rings is 1. The van der Waals surface area contributed by atoms with Gasteiger partial charge in [-0.2, -0.15) is 0 Å². The second kappa shape index (κ2) is 12.5. The Morgan fingerprint density at radius 2 is 2.00 bits per heavy atom. The first-order valence-corrected chi connectivity index (χ1v) is 8.79. The van der Waals surface area contributed by atoms with Crippen molar-refractivity contribution in [2.45, 2.75) is 33.2 Å². The maximum atomic E-state index is 12.3. The SMILES string of the molecule is C=O.CCC(C)n1cc(C)c(=O)c2cc(NC)c(Cl)cc21.COCCN. The molecule has 6 nitrogen and oxygen atoms in total. The molecule has 1 aromatic heterocycles. The molecule has 146 valence electrons. The van der Waals surface area contributed by atoms with Crippen molar-refractivity contribution in [3.63, 3.8) is 0 Å². The Morgan fingerprint density at radius 1 is 1.38 bits per heavy atom. The molecule has 0 saturated heterocycles. The van der Waals surface area contributed by atoms with Crippen molar-refractivity contribution in [1.29, 1.82) is 0 Å². The van der Waals surface area contributed by atoms with Gasteiger partial charge in [0.05, 0.1) is 22.8 Å². The van der Waals surface area contributed by atoms with E-state index in [0.717, 1.165) is 23.2 Å². The maximum absolute atomic E-state index is 12.3. The van der Waals surface area contributed by atoms with Crippen LogP contribution in [-0.2, 0) is 9.53 Å². The van der Waals surface area contributed by atoms with Gasteiger partial charge in [-0.25, -0.2) is 0 Å². The molecule has 0 aliphatic rings. The number of nitrogens with one attached hydrogen (secondary N) is 1. The van der Waals surface area contributed by atoms with Crippen molar-refractivity contribution in [2.75, 3.05) is 32.6 Å². The summed E-state index contributed by atoms with van der Waals surface area (Å²) < 4.78 is 6.70. The van der Waals surface area contributed by atoms with E-state index < -0.39 is 0 Å². The average molecular weight is 384 g/mol. The molecule has 0 saturated carbocycles. The lowest BCUT2D eigenvalue weighted by atomic mass is 10.1. The normalized spacial score (nSPS) is 11.0. The second-order valence-electron chi connectivity index (χ2n) is 5.69. The number of carbonyl (C=O) groups is 1. The lowest BCUT2D eigenvalue weighted by Gasteiger charge is -2.19. The van der Waals surface area contributed by atoms with Crippen LogP contribution in [0.5, 0.6) is 0 Å². The van der Waals surface area contributed by atoms with Crippen LogP contribution in [0.15, 0.2) is 23.1 Å². The van der Waals surface area contributed by atoms with Gasteiger partial charge in [0.15, 0.2) is 5.43 Å². The van der Waals surface area contributed by atoms with Gasteiger partial charge in [0.2, 0.25) is 0 Å². The molecule has 1 heterocycles. The third-order valence-corrected chi connectivity index (χ3v) is 4.27. The van der Waals surface area contributed by atoms with Crippen LogP contribution in [0.1, 0.15) is 31.9 Å². The van der Waals surface area contributed by atoms with E-state index in [9.17, 15) is 4.79 Å². The molecule has 2 aromatic rings. The largest absolute Gasteiger partial charge is 0.387 e. The van der Waals surface area contributed by atoms with Crippen LogP contribution in [0.4, 0.5) is 5.69 Å². The minimum absolute atomic E-state index is 0.0720. The predicted octanol–water partition coefficient (Wildman–Crippen LogP) is 3.38. The molecule has 3 N–H and O–H groups in total. The summed E-state index contributed by atoms with van der Waals surface area (Å²) in [5, 5.41) is 4.37. The van der Waals surface area contributed by atoms with Gasteiger partial charge in [0.25, 0.3) is 0 Å². The van der Waals surface area contributed by atoms with Crippen LogP contribution in [-0.4, -0.2) is 38.7 Å². The van der Waals surface area contributed by atoms with Crippen molar-refractivity contribution < 1.29 is 9.53 Å². The molecule has 1 unspecified atom stereocenters. The number of aryl methyl sites for hydroxylation is 1. The number of hydrogen-bond acceptors (Lipinski definition) is 5. The van der Waals surface area contributed by atoms with Gasteiger partial charge in [-0.05, 0) is 32.4 Å². The fraction of sp³-hybridized carbons (Fsp3) is 0.474. The van der Waals surface area contributed by atoms with Crippen molar-refractivity contribution in [2.24, 2.45) is 5.73 Å². The Labute approximate surface area is 160 Å². The Hall–Kier alpha value is -1.89. The topological polar surface area (TPSA) is 86.3 Å². The van der Waals surface area contributed by atoms with E-state index in [0.29, 0.717) is 29.6 Å². The lowest BCUT2D eigenvalue weighted by molar-refractivity contribution is -0.0979. The summed E-state index contributed by atoms with van der Waals surface area (Å²) in [7, 11) is 3.43. The molecule has 0 amide bonds. The number of hydrogen-bond donors (Lipinski definition) is 2. The van der Waals surface area contributed by atoms with E-state index in [2.05, 4.69) is 28.5 Å². The summed E-state index contributed by atoms with van der Waals surface area (Å²) >= 11 is 6.24. The Bertz CT molecular complexity index is 745. The highest BCUT2D eigenvalue weighted by Gasteiger charge is 2.12. The number of nitrogens with two attached hydrogens (primary N) is 1. The number of carbonyl (C=O) groups excluding carboxylic acids is 1. The zero-order valence-corrected chi connectivity index (χ0v) is 17.0. The number of rotatable bonds is 5. The fourth-order valence-corrected chi connectivity index (χ4v) is 2.63. The first kappa shape index (κ1) is 24.1. The molecule has 0 fully saturated rings. The fourth-order valence-electron chi connectivity index (χ4n) is 2.38. The summed E-state index contributed by atoms with van der Waals surface area (Å²) in [5.74, 6) is 0. The highest BCUT2D eigenvalue weighted by molar-refractivity contribution is 6.34. The van der Waals surface area contributed by atoms with Gasteiger partial charge < -0.3 is 25.1 Å². The Balaban J connectivity index is 0.000000772. The monoisotopic (exact) mass is 383 g/mol. The number of methoxy groups -OCH3 is 1. The van der Waals surface area contributed by atoms with Crippen LogP contribution in [0.3, 0.4) is 0 Å². The summed E-state index contributed by atoms with van der Waals surface area (Å²) in [6, 6.07) is 4.04. The molecule has 0 aliphatic carbocycles. The van der Waals surface area contributed by atoms with Gasteiger partial charge in [0.1, 0.15) is 6.79 Å². The number of benzene rings is 1. The van der Waals surface area contributed by atoms with Gasteiger partial charge in [-0.3, -0.25) is 4.79 Å². The number of halogens is 1. The summed E-state index contributed by atoms with van der Waals surface area (Å²) in [6.45, 7) is 9.42. The van der Waals surface area contributed by atoms with Gasteiger partial charge in [-0.15, -0.1) is 0 Å². The van der Waals surface area contributed by atoms with Gasteiger partial charge >= 0.3 is 0 Å². The van der Waals surface area contributed by atoms with Crippen molar-refractivity contribution >= 4 is 35.0 Å². The van der Waals surface area contributed by atoms with Crippen molar-refractivity contribution in [3.05, 3.63) is 39.1 Å². The molecule has 7 heteroatoms. The van der Waals surface area contributed by atoms with Gasteiger partial charge in [-0.1, -0.05) is 18.5 Å². The molecular weight excluding hydrogens is 354 g/mol. The first-order valence-electron chi connectivity index (χ1n) is 8.41. The molecule has 0 spiro atoms. The number of nitrogens with zero attached hydrogens (tertiary/aromatic N) is 1. The smallest absolute Gasteiger partial charge is 0.192 e. The number of ether oxygens (including phenoxy) is 1. The predicted molar refractivity (Wildman–Crippen MR) is 111 cm³/mol. The Morgan fingerprint density at radius 3 is 2.42 bits per heavy atom. The minimum Gasteiger partial charge on any atom is -0.387 e. The zero-order valence-electron chi connectivity index (χ0n) is 16.3. The number of fused-ring (bicyclic) bond motifs is 1. The molecule has 0 bridgehead atoms. The molecule has 26 heavy (non-hydrogen) atoms. The third-order valence-electron chi connectivity index (χ3n) is 3.96. The zero-order chi connectivity index (χ0) is 20.3. The maximum Gasteiger partial charge on any atom is 0.192 e. The van der Waals surface area contributed by atoms with Crippen LogP contribution < -0.4 is 16.5 Å². The summed E-state index contributed by atoms with van der Waals surface area (Å²) in [4.78, 5) is 20.3. The number of aromatic nitrogens is 1. The highest BCUT2D eigenvalue weighted by Crippen LogP contribution is 2.28. The van der Waals surface area contributed by atoms with E-state index in [1.165, 1.54) is 0 Å². The quantitative estimate of drug-likeness (QED) is 0.826. The van der Waals surface area contributed by atoms with Gasteiger partial charge in [0, 0.05) is 43.9 Å². The van der Waals surface area contributed by atoms with E-state index in [1.54, 1.807) is 14.2 Å². The molecular formula is C19H30ClN3O3. The van der Waals surface area contributed by atoms with Crippen molar-refractivity contribution in [3.8, 4) is 0 Å². The minimum atomic E-state index is 0.0720. The molecule has 2 rings (SSSR count). The second-order valence-corrected chi connectivity index (χ2v) is 6.09. The Kier molecular flexibility index (Phi) is 11.6. The molecule has 1 aromatic carbocycles.